The van der Waals surface area contributed by atoms with E-state index in [1.807, 2.05) is 4.90 Å². The van der Waals surface area contributed by atoms with Gasteiger partial charge in [-0.15, -0.1) is 0 Å². The summed E-state index contributed by atoms with van der Waals surface area (Å²) in [5.41, 5.74) is 11.5. The normalized spacial score (nSPS) is 23.9. The Morgan fingerprint density at radius 2 is 1.85 bits per heavy atom. The predicted octanol–water partition coefficient (Wildman–Crippen LogP) is 1.04. The molecular formula is C14H21FN4O. The number of hydrogen-bond donors (Lipinski definition) is 2. The van der Waals surface area contributed by atoms with Crippen molar-refractivity contribution in [1.29, 1.82) is 0 Å². The van der Waals surface area contributed by atoms with Crippen molar-refractivity contribution in [2.45, 2.75) is 25.9 Å². The van der Waals surface area contributed by atoms with Crippen LogP contribution in [0.4, 0.5) is 15.8 Å². The van der Waals surface area contributed by atoms with Gasteiger partial charge in [0, 0.05) is 30.9 Å². The third-order valence-electron chi connectivity index (χ3n) is 4.08. The highest BCUT2D eigenvalue weighted by Gasteiger charge is 2.28. The lowest BCUT2D eigenvalue weighted by Gasteiger charge is -2.43. The Bertz CT molecular complexity index is 522. The molecule has 1 heterocycles. The second kappa shape index (κ2) is 5.28. The van der Waals surface area contributed by atoms with Gasteiger partial charge in [-0.05, 0) is 33.0 Å². The summed E-state index contributed by atoms with van der Waals surface area (Å²) in [6.07, 6.45) is 0. The predicted molar refractivity (Wildman–Crippen MR) is 78.2 cm³/mol. The highest BCUT2D eigenvalue weighted by Crippen LogP contribution is 2.28. The van der Waals surface area contributed by atoms with Gasteiger partial charge in [0.05, 0.1) is 11.3 Å². The van der Waals surface area contributed by atoms with Crippen LogP contribution in [0.1, 0.15) is 24.2 Å². The fraction of sp³-hybridized carbons (Fsp3) is 0.500. The van der Waals surface area contributed by atoms with Crippen molar-refractivity contribution in [1.82, 2.24) is 4.90 Å². The quantitative estimate of drug-likeness (QED) is 0.794. The standard InChI is InChI=1S/C14H21FN4O/c1-8-6-19(7-9(2)18(8)3)13-4-10(14(17)20)12(16)5-11(13)15/h4-5,8-9H,6-7,16H2,1-3H3,(H2,17,20). The number of anilines is 2. The van der Waals surface area contributed by atoms with Crippen LogP contribution in [0.5, 0.6) is 0 Å². The van der Waals surface area contributed by atoms with Crippen molar-refractivity contribution in [3.63, 3.8) is 0 Å². The van der Waals surface area contributed by atoms with Crippen molar-refractivity contribution >= 4 is 17.3 Å². The lowest BCUT2D eigenvalue weighted by atomic mass is 10.1. The molecule has 2 unspecified atom stereocenters. The van der Waals surface area contributed by atoms with Crippen molar-refractivity contribution in [3.8, 4) is 0 Å². The Morgan fingerprint density at radius 3 is 2.35 bits per heavy atom. The van der Waals surface area contributed by atoms with Crippen LogP contribution in [0.15, 0.2) is 12.1 Å². The number of benzene rings is 1. The SMILES string of the molecule is CC1CN(c2cc(C(N)=O)c(N)cc2F)CC(C)N1C. The number of halogens is 1. The number of nitrogens with zero attached hydrogens (tertiary/aromatic N) is 2. The number of primary amides is 1. The topological polar surface area (TPSA) is 75.6 Å². The van der Waals surface area contributed by atoms with Crippen LogP contribution in [-0.4, -0.2) is 43.0 Å². The van der Waals surface area contributed by atoms with Crippen molar-refractivity contribution in [2.75, 3.05) is 30.8 Å². The van der Waals surface area contributed by atoms with Gasteiger partial charge in [0.1, 0.15) is 5.82 Å². The number of rotatable bonds is 2. The second-order valence-corrected chi connectivity index (χ2v) is 5.52. The molecule has 0 spiro atoms. The molecular weight excluding hydrogens is 259 g/mol. The number of amides is 1. The number of hydrogen-bond acceptors (Lipinski definition) is 4. The smallest absolute Gasteiger partial charge is 0.250 e. The van der Waals surface area contributed by atoms with Gasteiger partial charge in [0.2, 0.25) is 0 Å². The molecule has 0 saturated carbocycles. The molecule has 1 aromatic carbocycles. The van der Waals surface area contributed by atoms with Crippen LogP contribution >= 0.6 is 0 Å². The lowest BCUT2D eigenvalue weighted by Crippen LogP contribution is -2.55. The minimum Gasteiger partial charge on any atom is -0.398 e. The summed E-state index contributed by atoms with van der Waals surface area (Å²) in [5, 5.41) is 0. The Kier molecular flexibility index (Phi) is 3.85. The summed E-state index contributed by atoms with van der Waals surface area (Å²) in [7, 11) is 2.06. The summed E-state index contributed by atoms with van der Waals surface area (Å²) in [5.74, 6) is -1.06. The lowest BCUT2D eigenvalue weighted by molar-refractivity contribution is 0.100. The maximum Gasteiger partial charge on any atom is 0.250 e. The minimum atomic E-state index is -0.640. The van der Waals surface area contributed by atoms with Gasteiger partial charge >= 0.3 is 0 Å². The summed E-state index contributed by atoms with van der Waals surface area (Å²) < 4.78 is 14.1. The molecule has 2 rings (SSSR count). The average Bonchev–Trinajstić information content (AvgIpc) is 2.35. The van der Waals surface area contributed by atoms with Crippen LogP contribution in [0.2, 0.25) is 0 Å². The van der Waals surface area contributed by atoms with Gasteiger partial charge in [-0.2, -0.15) is 0 Å². The first kappa shape index (κ1) is 14.6. The molecule has 1 fully saturated rings. The minimum absolute atomic E-state index is 0.0778. The summed E-state index contributed by atoms with van der Waals surface area (Å²) in [4.78, 5) is 15.5. The molecule has 0 bridgehead atoms. The second-order valence-electron chi connectivity index (χ2n) is 5.52. The Hall–Kier alpha value is -1.82. The first-order valence-corrected chi connectivity index (χ1v) is 6.67. The highest BCUT2D eigenvalue weighted by atomic mass is 19.1. The van der Waals surface area contributed by atoms with Crippen LogP contribution in [-0.2, 0) is 0 Å². The monoisotopic (exact) mass is 280 g/mol. The maximum absolute atomic E-state index is 14.1. The number of carbonyl (C=O) groups is 1. The van der Waals surface area contributed by atoms with Crippen LogP contribution < -0.4 is 16.4 Å². The van der Waals surface area contributed by atoms with E-state index in [4.69, 9.17) is 11.5 Å². The molecule has 0 radical (unpaired) electrons. The van der Waals surface area contributed by atoms with Crippen LogP contribution in [0.25, 0.3) is 0 Å². The van der Waals surface area contributed by atoms with Gasteiger partial charge < -0.3 is 16.4 Å². The zero-order valence-electron chi connectivity index (χ0n) is 12.1. The zero-order valence-corrected chi connectivity index (χ0v) is 12.1. The Morgan fingerprint density at radius 1 is 1.30 bits per heavy atom. The molecule has 1 saturated heterocycles. The largest absolute Gasteiger partial charge is 0.398 e. The molecule has 6 heteroatoms. The van der Waals surface area contributed by atoms with Crippen molar-refractivity contribution in [3.05, 3.63) is 23.5 Å². The average molecular weight is 280 g/mol. The molecule has 2 atom stereocenters. The highest BCUT2D eigenvalue weighted by molar-refractivity contribution is 5.99. The third-order valence-corrected chi connectivity index (χ3v) is 4.08. The molecule has 0 aliphatic carbocycles. The Balaban J connectivity index is 2.37. The number of likely N-dealkylation sites (N-methyl/N-ethyl adjacent to an activating group) is 1. The van der Waals surface area contributed by atoms with E-state index >= 15 is 0 Å². The number of carbonyl (C=O) groups excluding carboxylic acids is 1. The van der Waals surface area contributed by atoms with Crippen molar-refractivity contribution < 1.29 is 9.18 Å². The van der Waals surface area contributed by atoms with Gasteiger partial charge in [-0.3, -0.25) is 9.69 Å². The van der Waals surface area contributed by atoms with E-state index in [1.54, 1.807) is 0 Å². The fourth-order valence-electron chi connectivity index (χ4n) is 2.63. The van der Waals surface area contributed by atoms with E-state index in [9.17, 15) is 9.18 Å². The van der Waals surface area contributed by atoms with E-state index in [1.165, 1.54) is 12.1 Å². The van der Waals surface area contributed by atoms with E-state index in [0.29, 0.717) is 30.9 Å². The number of nitrogens with two attached hydrogens (primary N) is 2. The first-order valence-electron chi connectivity index (χ1n) is 6.67. The zero-order chi connectivity index (χ0) is 15.0. The molecule has 5 nitrogen and oxygen atoms in total. The Labute approximate surface area is 118 Å². The molecule has 110 valence electrons. The molecule has 1 aliphatic heterocycles. The van der Waals surface area contributed by atoms with Gasteiger partial charge in [0.25, 0.3) is 5.91 Å². The molecule has 4 N–H and O–H groups in total. The van der Waals surface area contributed by atoms with Gasteiger partial charge in [-0.1, -0.05) is 0 Å². The number of nitrogen functional groups attached to an aromatic ring is 1. The van der Waals surface area contributed by atoms with E-state index < -0.39 is 11.7 Å². The van der Waals surface area contributed by atoms with Gasteiger partial charge in [-0.25, -0.2) is 4.39 Å². The van der Waals surface area contributed by atoms with Crippen molar-refractivity contribution in [2.24, 2.45) is 5.73 Å². The molecule has 20 heavy (non-hydrogen) atoms. The molecule has 1 aromatic rings. The fourth-order valence-corrected chi connectivity index (χ4v) is 2.63. The first-order chi connectivity index (χ1) is 9.31. The number of piperazine rings is 1. The maximum atomic E-state index is 14.1. The van der Waals surface area contributed by atoms with Gasteiger partial charge in [0.15, 0.2) is 0 Å². The van der Waals surface area contributed by atoms with Crippen LogP contribution in [0.3, 0.4) is 0 Å². The van der Waals surface area contributed by atoms with E-state index in [-0.39, 0.29) is 11.3 Å². The molecule has 1 aliphatic rings. The van der Waals surface area contributed by atoms with Crippen LogP contribution in [0, 0.1) is 5.82 Å². The third kappa shape index (κ3) is 2.56. The summed E-state index contributed by atoms with van der Waals surface area (Å²) >= 11 is 0. The summed E-state index contributed by atoms with van der Waals surface area (Å²) in [6, 6.07) is 3.22. The van der Waals surface area contributed by atoms with E-state index in [2.05, 4.69) is 25.8 Å². The van der Waals surface area contributed by atoms with E-state index in [0.717, 1.165) is 0 Å². The summed E-state index contributed by atoms with van der Waals surface area (Å²) in [6.45, 7) is 5.57. The molecule has 0 aromatic heterocycles. The molecule has 1 amide bonds.